The molecule has 0 bridgehead atoms. The quantitative estimate of drug-likeness (QED) is 0.220. The first kappa shape index (κ1) is 36.9. The third kappa shape index (κ3) is 18.7. The average molecular weight is 495 g/mol. The summed E-state index contributed by atoms with van der Waals surface area (Å²) in [5.74, 6) is -0.782. The van der Waals surface area contributed by atoms with Crippen LogP contribution in [0.3, 0.4) is 0 Å². The zero-order valence-electron chi connectivity index (χ0n) is 23.2. The Morgan fingerprint density at radius 2 is 0.861 bits per heavy atom. The highest BCUT2D eigenvalue weighted by atomic mass is 16.6. The zero-order chi connectivity index (χ0) is 28.2. The van der Waals surface area contributed by atoms with Gasteiger partial charge in [0.25, 0.3) is 0 Å². The normalized spacial score (nSPS) is 8.28. The van der Waals surface area contributed by atoms with Crippen LogP contribution in [0.25, 0.3) is 0 Å². The van der Waals surface area contributed by atoms with Gasteiger partial charge in [-0.1, -0.05) is 74.5 Å². The maximum atomic E-state index is 12.1. The molecule has 0 heterocycles. The molecule has 0 N–H and O–H groups in total. The van der Waals surface area contributed by atoms with Crippen molar-refractivity contribution in [3.05, 3.63) is 121 Å². The molecule has 0 spiro atoms. The Morgan fingerprint density at radius 1 is 0.611 bits per heavy atom. The smallest absolute Gasteiger partial charge is 0.338 e. The number of hydrogen-bond donors (Lipinski definition) is 0. The lowest BCUT2D eigenvalue weighted by molar-refractivity contribution is 0.0264. The second-order valence-electron chi connectivity index (χ2n) is 6.93. The molecule has 4 nitrogen and oxygen atoms in total. The molecule has 0 fully saturated rings. The van der Waals surface area contributed by atoms with Crippen molar-refractivity contribution in [3.63, 3.8) is 0 Å². The van der Waals surface area contributed by atoms with Gasteiger partial charge in [-0.3, -0.25) is 0 Å². The van der Waals surface area contributed by atoms with Crippen LogP contribution in [0.5, 0.6) is 0 Å². The third-order valence-corrected chi connectivity index (χ3v) is 3.79. The summed E-state index contributed by atoms with van der Waals surface area (Å²) in [7, 11) is 0. The van der Waals surface area contributed by atoms with Crippen molar-refractivity contribution in [1.29, 1.82) is 0 Å². The lowest BCUT2D eigenvalue weighted by Crippen LogP contribution is -2.16. The monoisotopic (exact) mass is 494 g/mol. The van der Waals surface area contributed by atoms with Gasteiger partial charge in [0.15, 0.2) is 0 Å². The van der Waals surface area contributed by atoms with Crippen molar-refractivity contribution in [2.45, 2.75) is 54.4 Å². The molecular weight excluding hydrogens is 448 g/mol. The molecule has 0 amide bonds. The maximum absolute atomic E-state index is 12.1. The highest BCUT2D eigenvalue weighted by Crippen LogP contribution is 2.12. The summed E-state index contributed by atoms with van der Waals surface area (Å²) >= 11 is 0. The Balaban J connectivity index is -0.000000767. The molecule has 0 aromatic heterocycles. The summed E-state index contributed by atoms with van der Waals surface area (Å²) < 4.78 is 10.4. The number of carbonyl (C=O) groups is 2. The highest BCUT2D eigenvalue weighted by Gasteiger charge is 2.13. The second kappa shape index (κ2) is 27.6. The Morgan fingerprint density at radius 3 is 1.11 bits per heavy atom. The molecule has 2 rings (SSSR count). The van der Waals surface area contributed by atoms with Crippen LogP contribution < -0.4 is 0 Å². The van der Waals surface area contributed by atoms with E-state index in [0.717, 1.165) is 24.0 Å². The minimum atomic E-state index is -0.391. The van der Waals surface area contributed by atoms with Crippen LogP contribution in [0.15, 0.2) is 99.2 Å². The molecule has 2 aromatic rings. The highest BCUT2D eigenvalue weighted by molar-refractivity contribution is 5.91. The number of carbonyl (C=O) groups excluding carboxylic acids is 2. The van der Waals surface area contributed by atoms with E-state index in [9.17, 15) is 9.59 Å². The van der Waals surface area contributed by atoms with Gasteiger partial charge in [-0.15, -0.1) is 26.3 Å². The van der Waals surface area contributed by atoms with Crippen LogP contribution in [-0.2, 0) is 22.3 Å². The van der Waals surface area contributed by atoms with E-state index < -0.39 is 11.9 Å². The Hall–Kier alpha value is -3.66. The van der Waals surface area contributed by atoms with Gasteiger partial charge in [0.1, 0.15) is 13.2 Å². The standard InChI is InChI=1S/C20H22O4.4C3H6/c1-3-15-9-5-7-11-17(15)19(21)23-13-14-24-20(22)18-12-8-6-10-16(18)4-2;4*1-3-2/h5-12H,3-4,13-14H2,1-2H3;4*3H,1H2,2H3. The van der Waals surface area contributed by atoms with Crippen molar-refractivity contribution >= 4 is 11.9 Å². The fraction of sp³-hybridized carbons (Fsp3) is 0.312. The molecule has 36 heavy (non-hydrogen) atoms. The number of esters is 2. The third-order valence-electron chi connectivity index (χ3n) is 3.79. The number of ether oxygens (including phenoxy) is 2. The molecule has 0 radical (unpaired) electrons. The first-order valence-electron chi connectivity index (χ1n) is 12.1. The largest absolute Gasteiger partial charge is 0.458 e. The molecule has 0 aliphatic carbocycles. The van der Waals surface area contributed by atoms with Crippen LogP contribution >= 0.6 is 0 Å². The molecule has 0 atom stereocenters. The molecular formula is C32H46O4. The lowest BCUT2D eigenvalue weighted by Gasteiger charge is -2.10. The number of aryl methyl sites for hydroxylation is 2. The van der Waals surface area contributed by atoms with E-state index in [1.54, 1.807) is 48.6 Å². The number of benzene rings is 2. The van der Waals surface area contributed by atoms with Crippen molar-refractivity contribution in [2.24, 2.45) is 0 Å². The first-order valence-corrected chi connectivity index (χ1v) is 12.1. The predicted molar refractivity (Wildman–Crippen MR) is 156 cm³/mol. The van der Waals surface area contributed by atoms with Crippen LogP contribution in [0.1, 0.15) is 73.4 Å². The minimum Gasteiger partial charge on any atom is -0.458 e. The van der Waals surface area contributed by atoms with E-state index in [0.29, 0.717) is 11.1 Å². The zero-order valence-corrected chi connectivity index (χ0v) is 23.2. The van der Waals surface area contributed by atoms with Crippen LogP contribution in [-0.4, -0.2) is 25.2 Å². The molecule has 0 saturated heterocycles. The molecule has 0 aliphatic rings. The second-order valence-corrected chi connectivity index (χ2v) is 6.93. The van der Waals surface area contributed by atoms with Crippen molar-refractivity contribution in [1.82, 2.24) is 0 Å². The molecule has 4 heteroatoms. The molecule has 2 aromatic carbocycles. The molecule has 198 valence electrons. The van der Waals surface area contributed by atoms with Gasteiger partial charge in [-0.25, -0.2) is 9.59 Å². The number of allylic oxidation sites excluding steroid dienone is 4. The first-order chi connectivity index (χ1) is 17.3. The predicted octanol–water partition coefficient (Wildman–Crippen LogP) is 8.59. The lowest BCUT2D eigenvalue weighted by atomic mass is 10.1. The fourth-order valence-electron chi connectivity index (χ4n) is 2.48. The van der Waals surface area contributed by atoms with Gasteiger partial charge in [0, 0.05) is 0 Å². The maximum Gasteiger partial charge on any atom is 0.338 e. The van der Waals surface area contributed by atoms with Crippen LogP contribution in [0.4, 0.5) is 0 Å². The van der Waals surface area contributed by atoms with Gasteiger partial charge >= 0.3 is 11.9 Å². The average Bonchev–Trinajstić information content (AvgIpc) is 2.88. The van der Waals surface area contributed by atoms with E-state index in [1.165, 1.54) is 0 Å². The summed E-state index contributed by atoms with van der Waals surface area (Å²) in [6.45, 7) is 25.0. The summed E-state index contributed by atoms with van der Waals surface area (Å²) in [6.07, 6.45) is 8.52. The van der Waals surface area contributed by atoms with Crippen molar-refractivity contribution < 1.29 is 19.1 Å². The SMILES string of the molecule is C=CC.C=CC.C=CC.C=CC.CCc1ccccc1C(=O)OCCOC(=O)c1ccccc1CC. The van der Waals surface area contributed by atoms with Crippen molar-refractivity contribution in [3.8, 4) is 0 Å². The number of rotatable bonds is 7. The van der Waals surface area contributed by atoms with Gasteiger partial charge in [-0.05, 0) is 63.8 Å². The fourth-order valence-corrected chi connectivity index (χ4v) is 2.48. The van der Waals surface area contributed by atoms with Crippen LogP contribution in [0, 0.1) is 0 Å². The van der Waals surface area contributed by atoms with Gasteiger partial charge in [-0.2, -0.15) is 0 Å². The van der Waals surface area contributed by atoms with E-state index >= 15 is 0 Å². The van der Waals surface area contributed by atoms with Gasteiger partial charge in [0.05, 0.1) is 11.1 Å². The van der Waals surface area contributed by atoms with Gasteiger partial charge in [0.2, 0.25) is 0 Å². The Labute approximate surface area is 220 Å². The Kier molecular flexibility index (Phi) is 28.3. The minimum absolute atomic E-state index is 0.0386. The van der Waals surface area contributed by atoms with E-state index in [4.69, 9.17) is 9.47 Å². The van der Waals surface area contributed by atoms with E-state index in [1.807, 2.05) is 65.8 Å². The topological polar surface area (TPSA) is 52.6 Å². The molecule has 0 unspecified atom stereocenters. The van der Waals surface area contributed by atoms with Crippen LogP contribution in [0.2, 0.25) is 0 Å². The summed E-state index contributed by atoms with van der Waals surface area (Å²) in [6, 6.07) is 14.7. The van der Waals surface area contributed by atoms with Crippen molar-refractivity contribution in [2.75, 3.05) is 13.2 Å². The summed E-state index contributed by atoms with van der Waals surface area (Å²) in [5.41, 5.74) is 3.00. The molecule has 0 aliphatic heterocycles. The molecule has 0 saturated carbocycles. The van der Waals surface area contributed by atoms with E-state index in [2.05, 4.69) is 26.3 Å². The van der Waals surface area contributed by atoms with E-state index in [-0.39, 0.29) is 13.2 Å². The summed E-state index contributed by atoms with van der Waals surface area (Å²) in [4.78, 5) is 24.2. The van der Waals surface area contributed by atoms with Gasteiger partial charge < -0.3 is 9.47 Å². The Bertz CT molecular complexity index is 796. The summed E-state index contributed by atoms with van der Waals surface area (Å²) in [5, 5.41) is 0. The number of hydrogen-bond acceptors (Lipinski definition) is 4.